The maximum Gasteiger partial charge on any atom is 0.220 e. The van der Waals surface area contributed by atoms with E-state index < -0.39 is 0 Å². The highest BCUT2D eigenvalue weighted by molar-refractivity contribution is 7.80. The smallest absolute Gasteiger partial charge is 0.220 e. The van der Waals surface area contributed by atoms with Crippen molar-refractivity contribution in [1.29, 1.82) is 0 Å². The molecule has 0 aliphatic heterocycles. The number of thiocarbonyl (C=S) groups is 1. The molecule has 4 heteroatoms. The lowest BCUT2D eigenvalue weighted by Gasteiger charge is -2.21. The predicted octanol–water partition coefficient (Wildman–Crippen LogP) is 2.35. The lowest BCUT2D eigenvalue weighted by Crippen LogP contribution is -2.46. The highest BCUT2D eigenvalue weighted by Gasteiger charge is 2.18. The topological polar surface area (TPSA) is 55.1 Å². The van der Waals surface area contributed by atoms with Gasteiger partial charge in [0.15, 0.2) is 0 Å². The lowest BCUT2D eigenvalue weighted by atomic mass is 10.0. The van der Waals surface area contributed by atoms with Crippen molar-refractivity contribution in [2.75, 3.05) is 0 Å². The maximum atomic E-state index is 11.9. The Labute approximate surface area is 120 Å². The molecule has 0 heterocycles. The molecule has 1 aromatic carbocycles. The van der Waals surface area contributed by atoms with Gasteiger partial charge < -0.3 is 11.1 Å². The Morgan fingerprint density at radius 1 is 1.42 bits per heavy atom. The van der Waals surface area contributed by atoms with Gasteiger partial charge in [0.05, 0.1) is 11.0 Å². The SMILES string of the molecule is Cc1cccc(CCC(=O)NC(C(N)=S)C(C)C)c1. The van der Waals surface area contributed by atoms with Gasteiger partial charge in [-0.2, -0.15) is 0 Å². The Bertz CT molecular complexity index is 457. The monoisotopic (exact) mass is 278 g/mol. The van der Waals surface area contributed by atoms with Gasteiger partial charge in [0, 0.05) is 6.42 Å². The number of aryl methyl sites for hydroxylation is 2. The van der Waals surface area contributed by atoms with Gasteiger partial charge in [-0.1, -0.05) is 55.9 Å². The zero-order chi connectivity index (χ0) is 14.4. The second-order valence-corrected chi connectivity index (χ2v) is 5.65. The number of carbonyl (C=O) groups excluding carboxylic acids is 1. The molecule has 0 saturated heterocycles. The van der Waals surface area contributed by atoms with Crippen molar-refractivity contribution in [2.45, 2.75) is 39.7 Å². The zero-order valence-electron chi connectivity index (χ0n) is 11.8. The van der Waals surface area contributed by atoms with Gasteiger partial charge in [-0.05, 0) is 24.8 Å². The largest absolute Gasteiger partial charge is 0.392 e. The molecule has 3 nitrogen and oxygen atoms in total. The van der Waals surface area contributed by atoms with Gasteiger partial charge in [0.2, 0.25) is 5.91 Å². The Morgan fingerprint density at radius 2 is 2.11 bits per heavy atom. The van der Waals surface area contributed by atoms with E-state index in [0.717, 1.165) is 6.42 Å². The van der Waals surface area contributed by atoms with E-state index in [1.165, 1.54) is 11.1 Å². The molecule has 0 spiro atoms. The fourth-order valence-corrected chi connectivity index (χ4v) is 2.27. The summed E-state index contributed by atoms with van der Waals surface area (Å²) in [6.07, 6.45) is 1.19. The van der Waals surface area contributed by atoms with E-state index in [1.54, 1.807) is 0 Å². The molecule has 0 aliphatic rings. The van der Waals surface area contributed by atoms with Crippen molar-refractivity contribution in [2.24, 2.45) is 11.7 Å². The fraction of sp³-hybridized carbons (Fsp3) is 0.467. The summed E-state index contributed by atoms with van der Waals surface area (Å²) in [5.41, 5.74) is 8.01. The van der Waals surface area contributed by atoms with E-state index in [0.29, 0.717) is 11.4 Å². The molecule has 19 heavy (non-hydrogen) atoms. The van der Waals surface area contributed by atoms with Crippen LogP contribution in [0.2, 0.25) is 0 Å². The molecule has 0 aromatic heterocycles. The number of hydrogen-bond acceptors (Lipinski definition) is 2. The van der Waals surface area contributed by atoms with E-state index in [1.807, 2.05) is 39.0 Å². The Hall–Kier alpha value is -1.42. The highest BCUT2D eigenvalue weighted by Crippen LogP contribution is 2.07. The van der Waals surface area contributed by atoms with Crippen LogP contribution in [-0.2, 0) is 11.2 Å². The number of hydrogen-bond donors (Lipinski definition) is 2. The molecule has 1 unspecified atom stereocenters. The second kappa shape index (κ2) is 7.24. The van der Waals surface area contributed by atoms with E-state index in [4.69, 9.17) is 18.0 Å². The molecule has 1 rings (SSSR count). The second-order valence-electron chi connectivity index (χ2n) is 5.18. The minimum absolute atomic E-state index is 0.00648. The van der Waals surface area contributed by atoms with Gasteiger partial charge >= 0.3 is 0 Å². The first-order chi connectivity index (χ1) is 8.90. The van der Waals surface area contributed by atoms with Crippen molar-refractivity contribution in [3.63, 3.8) is 0 Å². The summed E-state index contributed by atoms with van der Waals surface area (Å²) in [6.45, 7) is 6.03. The molecule has 1 atom stereocenters. The van der Waals surface area contributed by atoms with Crippen LogP contribution in [0.15, 0.2) is 24.3 Å². The molecular weight excluding hydrogens is 256 g/mol. The highest BCUT2D eigenvalue weighted by atomic mass is 32.1. The van der Waals surface area contributed by atoms with E-state index in [-0.39, 0.29) is 17.9 Å². The summed E-state index contributed by atoms with van der Waals surface area (Å²) in [5, 5.41) is 2.90. The summed E-state index contributed by atoms with van der Waals surface area (Å²) < 4.78 is 0. The summed E-state index contributed by atoms with van der Waals surface area (Å²) in [5.74, 6) is 0.202. The van der Waals surface area contributed by atoms with Crippen molar-refractivity contribution >= 4 is 23.1 Å². The average molecular weight is 278 g/mol. The van der Waals surface area contributed by atoms with Crippen LogP contribution in [0, 0.1) is 12.8 Å². The normalized spacial score (nSPS) is 12.2. The van der Waals surface area contributed by atoms with E-state index in [2.05, 4.69) is 11.4 Å². The molecule has 0 saturated carbocycles. The van der Waals surface area contributed by atoms with Crippen LogP contribution in [0.25, 0.3) is 0 Å². The molecule has 104 valence electrons. The van der Waals surface area contributed by atoms with Crippen LogP contribution < -0.4 is 11.1 Å². The minimum atomic E-state index is -0.222. The van der Waals surface area contributed by atoms with Crippen molar-refractivity contribution in [3.05, 3.63) is 35.4 Å². The van der Waals surface area contributed by atoms with E-state index in [9.17, 15) is 4.79 Å². The van der Waals surface area contributed by atoms with Crippen molar-refractivity contribution in [3.8, 4) is 0 Å². The summed E-state index contributed by atoms with van der Waals surface area (Å²) in [7, 11) is 0. The molecule has 0 aliphatic carbocycles. The van der Waals surface area contributed by atoms with Gasteiger partial charge in [-0.3, -0.25) is 4.79 Å². The summed E-state index contributed by atoms with van der Waals surface area (Å²) >= 11 is 4.97. The number of benzene rings is 1. The van der Waals surface area contributed by atoms with Gasteiger partial charge in [0.25, 0.3) is 0 Å². The minimum Gasteiger partial charge on any atom is -0.392 e. The van der Waals surface area contributed by atoms with E-state index >= 15 is 0 Å². The number of amides is 1. The van der Waals surface area contributed by atoms with Gasteiger partial charge in [0.1, 0.15) is 0 Å². The molecule has 1 amide bonds. The third-order valence-electron chi connectivity index (χ3n) is 3.01. The molecule has 0 bridgehead atoms. The number of nitrogens with two attached hydrogens (primary N) is 1. The zero-order valence-corrected chi connectivity index (χ0v) is 12.6. The third kappa shape index (κ3) is 5.39. The Morgan fingerprint density at radius 3 is 2.63 bits per heavy atom. The number of nitrogens with one attached hydrogen (secondary N) is 1. The first-order valence-electron chi connectivity index (χ1n) is 6.54. The first-order valence-corrected chi connectivity index (χ1v) is 6.95. The molecule has 0 fully saturated rings. The molecule has 3 N–H and O–H groups in total. The Kier molecular flexibility index (Phi) is 5.96. The average Bonchev–Trinajstić information content (AvgIpc) is 2.32. The molecular formula is C15H22N2OS. The maximum absolute atomic E-state index is 11.9. The van der Waals surface area contributed by atoms with Crippen LogP contribution in [0.3, 0.4) is 0 Å². The number of carbonyl (C=O) groups is 1. The first kappa shape index (κ1) is 15.6. The fourth-order valence-electron chi connectivity index (χ4n) is 1.94. The summed E-state index contributed by atoms with van der Waals surface area (Å²) in [4.78, 5) is 12.2. The lowest BCUT2D eigenvalue weighted by molar-refractivity contribution is -0.121. The molecule has 0 radical (unpaired) electrons. The van der Waals surface area contributed by atoms with Crippen LogP contribution in [0.1, 0.15) is 31.4 Å². The quantitative estimate of drug-likeness (QED) is 0.785. The third-order valence-corrected chi connectivity index (χ3v) is 3.27. The molecule has 1 aromatic rings. The van der Waals surface area contributed by atoms with Crippen molar-refractivity contribution < 1.29 is 4.79 Å². The van der Waals surface area contributed by atoms with Crippen LogP contribution in [0.5, 0.6) is 0 Å². The van der Waals surface area contributed by atoms with Crippen LogP contribution in [-0.4, -0.2) is 16.9 Å². The standard InChI is InChI=1S/C15H22N2OS/c1-10(2)14(15(16)19)17-13(18)8-7-12-6-4-5-11(3)9-12/h4-6,9-10,14H,7-8H2,1-3H3,(H2,16,19)(H,17,18). The van der Waals surface area contributed by atoms with Crippen molar-refractivity contribution in [1.82, 2.24) is 5.32 Å². The Balaban J connectivity index is 2.49. The van der Waals surface area contributed by atoms with Gasteiger partial charge in [-0.25, -0.2) is 0 Å². The van der Waals surface area contributed by atoms with Crippen LogP contribution in [0.4, 0.5) is 0 Å². The number of rotatable bonds is 6. The predicted molar refractivity (Wildman–Crippen MR) is 83.1 cm³/mol. The van der Waals surface area contributed by atoms with Crippen LogP contribution >= 0.6 is 12.2 Å². The summed E-state index contributed by atoms with van der Waals surface area (Å²) in [6, 6.07) is 7.97. The van der Waals surface area contributed by atoms with Gasteiger partial charge in [-0.15, -0.1) is 0 Å².